The van der Waals surface area contributed by atoms with E-state index in [1.165, 1.54) is 4.88 Å². The van der Waals surface area contributed by atoms with Crippen molar-refractivity contribution in [1.29, 1.82) is 0 Å². The lowest BCUT2D eigenvalue weighted by atomic mass is 10.2. The first-order valence-electron chi connectivity index (χ1n) is 7.09. The van der Waals surface area contributed by atoms with Crippen LogP contribution in [0.4, 0.5) is 0 Å². The molecule has 0 saturated heterocycles. The van der Waals surface area contributed by atoms with Crippen LogP contribution in [-0.2, 0) is 11.3 Å². The maximum absolute atomic E-state index is 11.9. The average molecular weight is 306 g/mol. The maximum Gasteiger partial charge on any atom is 0.220 e. The molecule has 0 bridgehead atoms. The first-order valence-corrected chi connectivity index (χ1v) is 7.97. The Morgan fingerprint density at radius 1 is 1.52 bits per heavy atom. The van der Waals surface area contributed by atoms with E-state index in [-0.39, 0.29) is 11.9 Å². The SMILES string of the molecule is CN(C)C(CNC(=O)CCCn1ccnc1)c1cccs1. The Morgan fingerprint density at radius 3 is 3.00 bits per heavy atom. The normalized spacial score (nSPS) is 12.5. The van der Waals surface area contributed by atoms with Gasteiger partial charge in [0.25, 0.3) is 0 Å². The topological polar surface area (TPSA) is 50.2 Å². The van der Waals surface area contributed by atoms with Crippen molar-refractivity contribution in [3.63, 3.8) is 0 Å². The molecule has 2 rings (SSSR count). The maximum atomic E-state index is 11.9. The van der Waals surface area contributed by atoms with Crippen molar-refractivity contribution in [3.05, 3.63) is 41.1 Å². The van der Waals surface area contributed by atoms with Gasteiger partial charge < -0.3 is 14.8 Å². The van der Waals surface area contributed by atoms with Gasteiger partial charge in [0.05, 0.1) is 12.4 Å². The molecule has 2 aromatic rings. The molecule has 114 valence electrons. The molecule has 1 amide bonds. The second-order valence-corrected chi connectivity index (χ2v) is 6.18. The van der Waals surface area contributed by atoms with Gasteiger partial charge in [-0.15, -0.1) is 11.3 Å². The van der Waals surface area contributed by atoms with Crippen LogP contribution in [0.15, 0.2) is 36.2 Å². The molecule has 1 N–H and O–H groups in total. The number of likely N-dealkylation sites (N-methyl/N-ethyl adjacent to an activating group) is 1. The highest BCUT2D eigenvalue weighted by atomic mass is 32.1. The van der Waals surface area contributed by atoms with E-state index in [2.05, 4.69) is 26.6 Å². The summed E-state index contributed by atoms with van der Waals surface area (Å²) in [5.74, 6) is 0.110. The molecule has 0 aliphatic carbocycles. The van der Waals surface area contributed by atoms with Crippen LogP contribution in [0.2, 0.25) is 0 Å². The number of nitrogens with zero attached hydrogens (tertiary/aromatic N) is 3. The monoisotopic (exact) mass is 306 g/mol. The van der Waals surface area contributed by atoms with Crippen LogP contribution in [0.3, 0.4) is 0 Å². The molecule has 6 heteroatoms. The van der Waals surface area contributed by atoms with Crippen LogP contribution >= 0.6 is 11.3 Å². The minimum absolute atomic E-state index is 0.110. The van der Waals surface area contributed by atoms with Gasteiger partial charge in [0.1, 0.15) is 0 Å². The van der Waals surface area contributed by atoms with Gasteiger partial charge in [0.15, 0.2) is 0 Å². The lowest BCUT2D eigenvalue weighted by Crippen LogP contribution is -2.34. The van der Waals surface area contributed by atoms with E-state index in [9.17, 15) is 4.79 Å². The van der Waals surface area contributed by atoms with E-state index in [0.717, 1.165) is 13.0 Å². The van der Waals surface area contributed by atoms with Crippen molar-refractivity contribution in [2.45, 2.75) is 25.4 Å². The predicted octanol–water partition coefficient (Wildman–Crippen LogP) is 2.14. The molecule has 0 aromatic carbocycles. The zero-order valence-electron chi connectivity index (χ0n) is 12.5. The minimum Gasteiger partial charge on any atom is -0.354 e. The van der Waals surface area contributed by atoms with Crippen LogP contribution in [0.5, 0.6) is 0 Å². The molecular weight excluding hydrogens is 284 g/mol. The fraction of sp³-hybridized carbons (Fsp3) is 0.467. The number of hydrogen-bond acceptors (Lipinski definition) is 4. The standard InChI is InChI=1S/C15H22N4OS/c1-18(2)13(14-5-4-10-21-14)11-17-15(20)6-3-8-19-9-7-16-12-19/h4-5,7,9-10,12-13H,3,6,8,11H2,1-2H3,(H,17,20). The van der Waals surface area contributed by atoms with E-state index in [1.54, 1.807) is 23.9 Å². The summed E-state index contributed by atoms with van der Waals surface area (Å²) in [7, 11) is 4.07. The molecular formula is C15H22N4OS. The quantitative estimate of drug-likeness (QED) is 0.813. The second kappa shape index (κ2) is 7.95. The molecule has 0 radical (unpaired) electrons. The van der Waals surface area contributed by atoms with Crippen molar-refractivity contribution in [2.24, 2.45) is 0 Å². The first-order chi connectivity index (χ1) is 10.2. The first kappa shape index (κ1) is 15.7. The molecule has 0 fully saturated rings. The van der Waals surface area contributed by atoms with Crippen molar-refractivity contribution in [2.75, 3.05) is 20.6 Å². The number of rotatable bonds is 8. The summed E-state index contributed by atoms with van der Waals surface area (Å²) in [5, 5.41) is 5.10. The lowest BCUT2D eigenvalue weighted by molar-refractivity contribution is -0.121. The summed E-state index contributed by atoms with van der Waals surface area (Å²) in [6.07, 6.45) is 6.81. The van der Waals surface area contributed by atoms with Gasteiger partial charge in [-0.3, -0.25) is 4.79 Å². The number of aryl methyl sites for hydroxylation is 1. The lowest BCUT2D eigenvalue weighted by Gasteiger charge is -2.23. The third-order valence-corrected chi connectivity index (χ3v) is 4.34. The van der Waals surface area contributed by atoms with Gasteiger partial charge in [0.2, 0.25) is 5.91 Å². The van der Waals surface area contributed by atoms with Crippen LogP contribution in [0, 0.1) is 0 Å². The van der Waals surface area contributed by atoms with E-state index < -0.39 is 0 Å². The fourth-order valence-corrected chi connectivity index (χ4v) is 3.08. The van der Waals surface area contributed by atoms with Gasteiger partial charge in [-0.05, 0) is 32.0 Å². The van der Waals surface area contributed by atoms with Crippen molar-refractivity contribution in [3.8, 4) is 0 Å². The molecule has 2 aromatic heterocycles. The molecule has 1 atom stereocenters. The summed E-state index contributed by atoms with van der Waals surface area (Å²) >= 11 is 1.72. The van der Waals surface area contributed by atoms with Gasteiger partial charge in [-0.1, -0.05) is 6.07 Å². The van der Waals surface area contributed by atoms with E-state index >= 15 is 0 Å². The fourth-order valence-electron chi connectivity index (χ4n) is 2.16. The Kier molecular flexibility index (Phi) is 5.95. The highest BCUT2D eigenvalue weighted by molar-refractivity contribution is 7.10. The number of imidazole rings is 1. The van der Waals surface area contributed by atoms with Gasteiger partial charge >= 0.3 is 0 Å². The number of aromatic nitrogens is 2. The number of nitrogens with one attached hydrogen (secondary N) is 1. The Hall–Kier alpha value is -1.66. The molecule has 0 aliphatic heterocycles. The summed E-state index contributed by atoms with van der Waals surface area (Å²) < 4.78 is 1.99. The number of carbonyl (C=O) groups excluding carboxylic acids is 1. The number of hydrogen-bond donors (Lipinski definition) is 1. The summed E-state index contributed by atoms with van der Waals surface area (Å²) in [6, 6.07) is 4.40. The van der Waals surface area contributed by atoms with Gasteiger partial charge in [0, 0.05) is 36.8 Å². The largest absolute Gasteiger partial charge is 0.354 e. The van der Waals surface area contributed by atoms with Crippen molar-refractivity contribution < 1.29 is 4.79 Å². The molecule has 0 aliphatic rings. The predicted molar refractivity (Wildman–Crippen MR) is 85.2 cm³/mol. The van der Waals surface area contributed by atoms with Gasteiger partial charge in [-0.25, -0.2) is 4.98 Å². The molecule has 0 spiro atoms. The Balaban J connectivity index is 1.72. The minimum atomic E-state index is 0.110. The zero-order chi connectivity index (χ0) is 15.1. The Bertz CT molecular complexity index is 522. The smallest absolute Gasteiger partial charge is 0.220 e. The zero-order valence-corrected chi connectivity index (χ0v) is 13.3. The van der Waals surface area contributed by atoms with Crippen LogP contribution < -0.4 is 5.32 Å². The molecule has 2 heterocycles. The number of thiophene rings is 1. The Labute approximate surface area is 129 Å². The highest BCUT2D eigenvalue weighted by Crippen LogP contribution is 2.22. The summed E-state index contributed by atoms with van der Waals surface area (Å²) in [6.45, 7) is 1.48. The number of amides is 1. The number of carbonyl (C=O) groups is 1. The summed E-state index contributed by atoms with van der Waals surface area (Å²) in [5.41, 5.74) is 0. The van der Waals surface area contributed by atoms with E-state index in [1.807, 2.05) is 30.9 Å². The average Bonchev–Trinajstić information content (AvgIpc) is 3.11. The summed E-state index contributed by atoms with van der Waals surface area (Å²) in [4.78, 5) is 19.3. The third kappa shape index (κ3) is 4.99. The Morgan fingerprint density at radius 2 is 2.38 bits per heavy atom. The van der Waals surface area contributed by atoms with Crippen LogP contribution in [0.25, 0.3) is 0 Å². The molecule has 0 saturated carbocycles. The van der Waals surface area contributed by atoms with E-state index in [0.29, 0.717) is 13.0 Å². The third-order valence-electron chi connectivity index (χ3n) is 3.37. The second-order valence-electron chi connectivity index (χ2n) is 5.20. The van der Waals surface area contributed by atoms with E-state index in [4.69, 9.17) is 0 Å². The van der Waals surface area contributed by atoms with Crippen molar-refractivity contribution in [1.82, 2.24) is 19.8 Å². The van der Waals surface area contributed by atoms with Gasteiger partial charge in [-0.2, -0.15) is 0 Å². The van der Waals surface area contributed by atoms with Crippen molar-refractivity contribution >= 4 is 17.2 Å². The van der Waals surface area contributed by atoms with Crippen LogP contribution in [-0.4, -0.2) is 41.0 Å². The molecule has 5 nitrogen and oxygen atoms in total. The molecule has 21 heavy (non-hydrogen) atoms. The highest BCUT2D eigenvalue weighted by Gasteiger charge is 2.15. The molecule has 1 unspecified atom stereocenters. The van der Waals surface area contributed by atoms with Crippen LogP contribution in [0.1, 0.15) is 23.8 Å².